The van der Waals surface area contributed by atoms with Gasteiger partial charge in [0.15, 0.2) is 0 Å². The minimum atomic E-state index is 1.14. The predicted molar refractivity (Wildman–Crippen MR) is 481 cm³/mol. The molecule has 0 bridgehead atoms. The van der Waals surface area contributed by atoms with Crippen LogP contribution in [0.5, 0.6) is 0 Å². The van der Waals surface area contributed by atoms with Crippen molar-refractivity contribution in [3.8, 4) is 78.6 Å². The number of para-hydroxylation sites is 8. The highest BCUT2D eigenvalue weighted by Gasteiger charge is 2.24. The fourth-order valence-corrected chi connectivity index (χ4v) is 18.5. The minimum absolute atomic E-state index is 1.14. The van der Waals surface area contributed by atoms with Crippen LogP contribution in [-0.2, 0) is 0 Å². The molecule has 18 aromatic carbocycles. The van der Waals surface area contributed by atoms with E-state index in [1.54, 1.807) is 0 Å². The molecule has 0 saturated carbocycles. The summed E-state index contributed by atoms with van der Waals surface area (Å²) in [6.45, 7) is 0. The number of hydrogen-bond donors (Lipinski definition) is 0. The molecule has 0 fully saturated rings. The summed E-state index contributed by atoms with van der Waals surface area (Å²) < 4.78 is 14.5. The summed E-state index contributed by atoms with van der Waals surface area (Å²) in [6, 6.07) is 155. The fourth-order valence-electron chi connectivity index (χ4n) is 18.5. The lowest BCUT2D eigenvalue weighted by Crippen LogP contribution is -1.96. The summed E-state index contributed by atoms with van der Waals surface area (Å²) in [6.07, 6.45) is 0. The van der Waals surface area contributed by atoms with Crippen LogP contribution in [0.15, 0.2) is 425 Å². The van der Waals surface area contributed by atoms with Crippen LogP contribution in [0.2, 0.25) is 0 Å². The van der Waals surface area contributed by atoms with Crippen molar-refractivity contribution in [2.45, 2.75) is 0 Å². The molecule has 0 N–H and O–H groups in total. The molecule has 114 heavy (non-hydrogen) atoms. The third-order valence-electron chi connectivity index (χ3n) is 23.7. The second kappa shape index (κ2) is 26.2. The van der Waals surface area contributed by atoms with Crippen LogP contribution in [0, 0.1) is 0 Å². The van der Waals surface area contributed by atoms with Crippen LogP contribution in [0.4, 0.5) is 0 Å². The van der Waals surface area contributed by atoms with Gasteiger partial charge in [-0.15, -0.1) is 0 Å². The van der Waals surface area contributed by atoms with E-state index in [0.29, 0.717) is 0 Å². The average Bonchev–Trinajstić information content (AvgIpc) is 1.56. The van der Waals surface area contributed by atoms with Crippen LogP contribution in [-0.4, -0.2) is 27.4 Å². The molecule has 24 aromatic rings. The van der Waals surface area contributed by atoms with Crippen molar-refractivity contribution in [1.29, 1.82) is 0 Å². The van der Waals surface area contributed by atoms with Gasteiger partial charge in [0.1, 0.15) is 0 Å². The Morgan fingerprint density at radius 3 is 0.588 bits per heavy atom. The molecule has 0 aliphatic carbocycles. The summed E-state index contributed by atoms with van der Waals surface area (Å²) >= 11 is 0. The maximum Gasteiger partial charge on any atom is 0.0562 e. The zero-order valence-corrected chi connectivity index (χ0v) is 62.1. The molecule has 24 rings (SSSR count). The van der Waals surface area contributed by atoms with Crippen molar-refractivity contribution in [3.63, 3.8) is 0 Å². The van der Waals surface area contributed by atoms with Gasteiger partial charge >= 0.3 is 0 Å². The van der Waals surface area contributed by atoms with Gasteiger partial charge in [-0.05, 0) is 214 Å². The molecule has 6 nitrogen and oxygen atoms in total. The second-order valence-corrected chi connectivity index (χ2v) is 29.9. The molecule has 0 amide bonds. The summed E-state index contributed by atoms with van der Waals surface area (Å²) in [5.41, 5.74) is 31.0. The Balaban J connectivity index is 0.000000135. The van der Waals surface area contributed by atoms with Gasteiger partial charge in [0, 0.05) is 98.8 Å². The Bertz CT molecular complexity index is 7890. The number of nitrogens with zero attached hydrogens (tertiary/aromatic N) is 6. The average molecular weight is 1450 g/mol. The highest BCUT2D eigenvalue weighted by molar-refractivity contribution is 6.22. The molecule has 0 radical (unpaired) electrons. The smallest absolute Gasteiger partial charge is 0.0562 e. The van der Waals surface area contributed by atoms with Gasteiger partial charge in [-0.2, -0.15) is 0 Å². The number of aromatic nitrogens is 6. The zero-order valence-electron chi connectivity index (χ0n) is 62.1. The number of rotatable bonds is 10. The van der Waals surface area contributed by atoms with E-state index in [9.17, 15) is 0 Å². The van der Waals surface area contributed by atoms with Gasteiger partial charge in [0.25, 0.3) is 0 Å². The first-order valence-electron chi connectivity index (χ1n) is 39.2. The molecular weight excluding hydrogens is 1380 g/mol. The van der Waals surface area contributed by atoms with E-state index >= 15 is 0 Å². The van der Waals surface area contributed by atoms with Crippen molar-refractivity contribution >= 4 is 131 Å². The Morgan fingerprint density at radius 2 is 0.281 bits per heavy atom. The van der Waals surface area contributed by atoms with Gasteiger partial charge in [0.2, 0.25) is 0 Å². The molecule has 0 aliphatic heterocycles. The summed E-state index contributed by atoms with van der Waals surface area (Å²) in [5.74, 6) is 0. The van der Waals surface area contributed by atoms with E-state index in [4.69, 9.17) is 0 Å². The molecule has 532 valence electrons. The van der Waals surface area contributed by atoms with Crippen molar-refractivity contribution in [1.82, 2.24) is 27.4 Å². The Kier molecular flexibility index (Phi) is 14.9. The lowest BCUT2D eigenvalue weighted by molar-refractivity contribution is 1.16. The normalized spacial score (nSPS) is 11.9. The lowest BCUT2D eigenvalue weighted by atomic mass is 10.00. The van der Waals surface area contributed by atoms with Crippen molar-refractivity contribution in [2.75, 3.05) is 0 Å². The number of benzene rings is 18. The first-order valence-corrected chi connectivity index (χ1v) is 39.2. The Morgan fingerprint density at radius 1 is 0.0965 bits per heavy atom. The van der Waals surface area contributed by atoms with Crippen LogP contribution < -0.4 is 0 Å². The van der Waals surface area contributed by atoms with Gasteiger partial charge in [0.05, 0.1) is 66.2 Å². The van der Waals surface area contributed by atoms with E-state index in [-0.39, 0.29) is 0 Å². The largest absolute Gasteiger partial charge is 0.309 e. The zero-order chi connectivity index (χ0) is 74.9. The first kappa shape index (κ1) is 64.7. The number of hydrogen-bond acceptors (Lipinski definition) is 0. The highest BCUT2D eigenvalue weighted by atomic mass is 15.0. The van der Waals surface area contributed by atoms with Crippen LogP contribution in [0.1, 0.15) is 0 Å². The van der Waals surface area contributed by atoms with Crippen molar-refractivity contribution in [3.05, 3.63) is 425 Å². The molecule has 0 unspecified atom stereocenters. The standard InChI is InChI=1S/2C54H35N3/c1-4-14-36(15-5-1)37-24-28-42(29-25-37)57-52-31-27-39(38-26-30-51-45(32-38)43-20-10-12-22-49(43)55(51)40-16-6-2-7-17-40)33-46(52)48-35-53-47(34-54(48)57)44-21-11-13-23-50(44)56(53)41-18-8-3-9-19-41;1-4-14-36(15-5-1)37-24-28-42(29-25-37)57-52-31-27-39(38-26-30-51-45(32-38)43-20-10-12-22-49(43)55(51)40-16-6-2-7-17-40)33-46(52)48-34-47-44-21-11-13-23-50(44)56(53(47)35-54(48)57)41-18-8-3-9-19-41/h2*1-35H. The monoisotopic (exact) mass is 1450 g/mol. The predicted octanol–water partition coefficient (Wildman–Crippen LogP) is 28.6. The fraction of sp³-hybridized carbons (Fsp3) is 0. The number of fused-ring (bicyclic) bond motifs is 18. The van der Waals surface area contributed by atoms with E-state index in [0.717, 1.165) is 22.7 Å². The highest BCUT2D eigenvalue weighted by Crippen LogP contribution is 2.46. The maximum absolute atomic E-state index is 2.45. The quantitative estimate of drug-likeness (QED) is 0.131. The molecule has 0 aliphatic rings. The van der Waals surface area contributed by atoms with E-state index < -0.39 is 0 Å². The molecule has 0 saturated heterocycles. The molecule has 6 heteroatoms. The van der Waals surface area contributed by atoms with E-state index in [1.165, 1.54) is 187 Å². The van der Waals surface area contributed by atoms with Gasteiger partial charge in [-0.1, -0.05) is 255 Å². The second-order valence-electron chi connectivity index (χ2n) is 29.9. The van der Waals surface area contributed by atoms with E-state index in [2.05, 4.69) is 452 Å². The molecule has 0 atom stereocenters. The van der Waals surface area contributed by atoms with Gasteiger partial charge in [-0.25, -0.2) is 0 Å². The van der Waals surface area contributed by atoms with Gasteiger partial charge < -0.3 is 27.4 Å². The Labute approximate surface area is 657 Å². The molecule has 0 spiro atoms. The molecular formula is C108H70N6. The van der Waals surface area contributed by atoms with Crippen molar-refractivity contribution < 1.29 is 0 Å². The summed E-state index contributed by atoms with van der Waals surface area (Å²) in [4.78, 5) is 0. The summed E-state index contributed by atoms with van der Waals surface area (Å²) in [7, 11) is 0. The molecule has 6 aromatic heterocycles. The first-order chi connectivity index (χ1) is 56.6. The van der Waals surface area contributed by atoms with Crippen LogP contribution >= 0.6 is 0 Å². The van der Waals surface area contributed by atoms with E-state index in [1.807, 2.05) is 0 Å². The van der Waals surface area contributed by atoms with Crippen LogP contribution in [0.25, 0.3) is 209 Å². The third kappa shape index (κ3) is 10.4. The topological polar surface area (TPSA) is 29.6 Å². The summed E-state index contributed by atoms with van der Waals surface area (Å²) in [5, 5.41) is 14.9. The Hall–Kier alpha value is -15.2. The third-order valence-corrected chi connectivity index (χ3v) is 23.7. The minimum Gasteiger partial charge on any atom is -0.309 e. The van der Waals surface area contributed by atoms with Crippen molar-refractivity contribution in [2.24, 2.45) is 0 Å². The molecule has 6 heterocycles. The maximum atomic E-state index is 2.45. The van der Waals surface area contributed by atoms with Crippen LogP contribution in [0.3, 0.4) is 0 Å². The lowest BCUT2D eigenvalue weighted by Gasteiger charge is -2.11. The van der Waals surface area contributed by atoms with Gasteiger partial charge in [-0.3, -0.25) is 0 Å². The SMILES string of the molecule is c1ccc(-c2ccc(-n3c4ccc(-c5ccc6c(c5)c5ccccc5n6-c5ccccc5)cc4c4cc5c(cc43)c3ccccc3n5-c3ccccc3)cc2)cc1.c1ccc(-c2ccc(-n3c4ccc(-c5ccc6c(c5)c5ccccc5n6-c5ccccc5)cc4c4cc5c6ccccc6n(-c6ccccc6)c5cc43)cc2)cc1.